The van der Waals surface area contributed by atoms with Gasteiger partial charge in [0, 0.05) is 12.1 Å². The van der Waals surface area contributed by atoms with E-state index in [1.807, 2.05) is 19.1 Å². The highest BCUT2D eigenvalue weighted by atomic mass is 35.5. The summed E-state index contributed by atoms with van der Waals surface area (Å²) < 4.78 is 0. The van der Waals surface area contributed by atoms with Gasteiger partial charge in [-0.25, -0.2) is 0 Å². The zero-order valence-electron chi connectivity index (χ0n) is 11.2. The lowest BCUT2D eigenvalue weighted by Crippen LogP contribution is -2.51. The van der Waals surface area contributed by atoms with Crippen molar-refractivity contribution >= 4 is 29.9 Å². The Kier molecular flexibility index (Phi) is 6.11. The first-order valence-corrected chi connectivity index (χ1v) is 6.76. The van der Waals surface area contributed by atoms with Crippen molar-refractivity contribution in [1.29, 1.82) is 0 Å². The minimum Gasteiger partial charge on any atom is -0.348 e. The second kappa shape index (κ2) is 7.13. The first-order valence-electron chi connectivity index (χ1n) is 6.38. The highest BCUT2D eigenvalue weighted by Crippen LogP contribution is 2.18. The predicted molar refractivity (Wildman–Crippen MR) is 81.4 cm³/mol. The Morgan fingerprint density at radius 1 is 1.47 bits per heavy atom. The van der Waals surface area contributed by atoms with Crippen molar-refractivity contribution < 1.29 is 4.79 Å². The van der Waals surface area contributed by atoms with Crippen LogP contribution in [0.15, 0.2) is 18.2 Å². The van der Waals surface area contributed by atoms with Crippen LogP contribution in [0.4, 0.5) is 0 Å². The molecule has 0 aromatic heterocycles. The number of hydrogen-bond acceptors (Lipinski definition) is 2. The summed E-state index contributed by atoms with van der Waals surface area (Å²) in [5.41, 5.74) is 1.62. The molecule has 0 saturated carbocycles. The van der Waals surface area contributed by atoms with Crippen molar-refractivity contribution in [3.63, 3.8) is 0 Å². The van der Waals surface area contributed by atoms with E-state index in [-0.39, 0.29) is 24.4 Å². The van der Waals surface area contributed by atoms with Crippen LogP contribution in [0.1, 0.15) is 35.7 Å². The molecule has 1 aromatic rings. The Hall–Kier alpha value is -0.770. The number of hydrogen-bond donors (Lipinski definition) is 2. The number of piperidine rings is 1. The van der Waals surface area contributed by atoms with Gasteiger partial charge in [-0.05, 0) is 50.9 Å². The maximum atomic E-state index is 12.2. The fourth-order valence-corrected chi connectivity index (χ4v) is 2.61. The van der Waals surface area contributed by atoms with Gasteiger partial charge in [-0.3, -0.25) is 4.79 Å². The molecule has 0 spiro atoms. The molecular formula is C14H20Cl2N2O. The van der Waals surface area contributed by atoms with Gasteiger partial charge in [-0.2, -0.15) is 0 Å². The van der Waals surface area contributed by atoms with Gasteiger partial charge in [0.2, 0.25) is 0 Å². The number of carbonyl (C=O) groups is 1. The summed E-state index contributed by atoms with van der Waals surface area (Å²) in [6.07, 6.45) is 2.11. The Morgan fingerprint density at radius 2 is 2.21 bits per heavy atom. The molecule has 0 aliphatic carbocycles. The third-order valence-electron chi connectivity index (χ3n) is 3.45. The van der Waals surface area contributed by atoms with Crippen LogP contribution in [0.3, 0.4) is 0 Å². The smallest absolute Gasteiger partial charge is 0.253 e. The van der Waals surface area contributed by atoms with Gasteiger partial charge in [0.05, 0.1) is 10.6 Å². The van der Waals surface area contributed by atoms with Gasteiger partial charge in [0.25, 0.3) is 5.91 Å². The molecule has 1 fully saturated rings. The van der Waals surface area contributed by atoms with Crippen LogP contribution in [0.25, 0.3) is 0 Å². The summed E-state index contributed by atoms with van der Waals surface area (Å²) >= 11 is 6.10. The Bertz CT molecular complexity index is 451. The molecule has 1 aliphatic rings. The maximum absolute atomic E-state index is 12.2. The molecule has 1 saturated heterocycles. The van der Waals surface area contributed by atoms with Crippen molar-refractivity contribution in [2.75, 3.05) is 6.54 Å². The third kappa shape index (κ3) is 4.10. The molecule has 19 heavy (non-hydrogen) atoms. The van der Waals surface area contributed by atoms with Gasteiger partial charge in [0.15, 0.2) is 0 Å². The summed E-state index contributed by atoms with van der Waals surface area (Å²) in [7, 11) is 0. The summed E-state index contributed by atoms with van der Waals surface area (Å²) in [5, 5.41) is 6.94. The average Bonchev–Trinajstić information content (AvgIpc) is 2.32. The molecule has 1 amide bonds. The first-order chi connectivity index (χ1) is 8.58. The first kappa shape index (κ1) is 16.3. The average molecular weight is 303 g/mol. The van der Waals surface area contributed by atoms with E-state index < -0.39 is 0 Å². The van der Waals surface area contributed by atoms with Crippen molar-refractivity contribution in [3.8, 4) is 0 Å². The van der Waals surface area contributed by atoms with E-state index >= 15 is 0 Å². The Labute approximate surface area is 125 Å². The second-order valence-corrected chi connectivity index (χ2v) is 5.36. The molecule has 3 nitrogen and oxygen atoms in total. The van der Waals surface area contributed by atoms with E-state index in [0.29, 0.717) is 16.6 Å². The van der Waals surface area contributed by atoms with E-state index in [0.717, 1.165) is 24.9 Å². The number of nitrogens with one attached hydrogen (secondary N) is 2. The molecule has 2 unspecified atom stereocenters. The number of carbonyl (C=O) groups excluding carboxylic acids is 1. The lowest BCUT2D eigenvalue weighted by atomic mass is 9.99. The molecule has 1 aromatic carbocycles. The molecule has 1 heterocycles. The second-order valence-electron chi connectivity index (χ2n) is 4.95. The molecule has 2 N–H and O–H groups in total. The number of amides is 1. The van der Waals surface area contributed by atoms with Crippen LogP contribution >= 0.6 is 24.0 Å². The van der Waals surface area contributed by atoms with E-state index in [1.54, 1.807) is 6.07 Å². The monoisotopic (exact) mass is 302 g/mol. The van der Waals surface area contributed by atoms with Crippen molar-refractivity contribution in [2.24, 2.45) is 0 Å². The van der Waals surface area contributed by atoms with Gasteiger partial charge < -0.3 is 10.6 Å². The molecule has 1 aliphatic heterocycles. The van der Waals surface area contributed by atoms with Gasteiger partial charge >= 0.3 is 0 Å². The fraction of sp³-hybridized carbons (Fsp3) is 0.500. The normalized spacial score (nSPS) is 22.5. The summed E-state index contributed by atoms with van der Waals surface area (Å²) in [5.74, 6) is -0.0828. The van der Waals surface area contributed by atoms with Gasteiger partial charge in [-0.1, -0.05) is 17.7 Å². The zero-order valence-corrected chi connectivity index (χ0v) is 12.8. The maximum Gasteiger partial charge on any atom is 0.253 e. The van der Waals surface area contributed by atoms with E-state index in [9.17, 15) is 4.79 Å². The van der Waals surface area contributed by atoms with Crippen molar-refractivity contribution in [3.05, 3.63) is 34.3 Å². The largest absolute Gasteiger partial charge is 0.348 e. The van der Waals surface area contributed by atoms with Crippen LogP contribution in [-0.4, -0.2) is 24.5 Å². The van der Waals surface area contributed by atoms with Crippen molar-refractivity contribution in [1.82, 2.24) is 10.6 Å². The lowest BCUT2D eigenvalue weighted by molar-refractivity contribution is 0.0920. The molecule has 106 valence electrons. The molecule has 2 rings (SSSR count). The number of aryl methyl sites for hydroxylation is 1. The van der Waals surface area contributed by atoms with Crippen LogP contribution in [0.2, 0.25) is 5.02 Å². The summed E-state index contributed by atoms with van der Waals surface area (Å²) in [6, 6.07) is 6.01. The SMILES string of the molecule is Cc1ccc(C(=O)NC2CCCNC2C)c(Cl)c1.Cl. The number of rotatable bonds is 2. The third-order valence-corrected chi connectivity index (χ3v) is 3.76. The highest BCUT2D eigenvalue weighted by Gasteiger charge is 2.23. The van der Waals surface area contributed by atoms with Crippen molar-refractivity contribution in [2.45, 2.75) is 38.8 Å². The molecule has 0 radical (unpaired) electrons. The quantitative estimate of drug-likeness (QED) is 0.882. The van der Waals surface area contributed by atoms with Crippen LogP contribution in [0, 0.1) is 6.92 Å². The van der Waals surface area contributed by atoms with Crippen LogP contribution in [0.5, 0.6) is 0 Å². The molecule has 0 bridgehead atoms. The topological polar surface area (TPSA) is 41.1 Å². The fourth-order valence-electron chi connectivity index (χ4n) is 2.29. The van der Waals surface area contributed by atoms with E-state index in [4.69, 9.17) is 11.6 Å². The molecule has 2 atom stereocenters. The number of benzene rings is 1. The minimum absolute atomic E-state index is 0. The molecule has 5 heteroatoms. The van der Waals surface area contributed by atoms with Crippen LogP contribution < -0.4 is 10.6 Å². The summed E-state index contributed by atoms with van der Waals surface area (Å²) in [6.45, 7) is 5.08. The van der Waals surface area contributed by atoms with Gasteiger partial charge in [-0.15, -0.1) is 12.4 Å². The van der Waals surface area contributed by atoms with Gasteiger partial charge in [0.1, 0.15) is 0 Å². The minimum atomic E-state index is -0.0828. The summed E-state index contributed by atoms with van der Waals surface area (Å²) in [4.78, 5) is 12.2. The lowest BCUT2D eigenvalue weighted by Gasteiger charge is -2.30. The predicted octanol–water partition coefficient (Wildman–Crippen LogP) is 2.94. The zero-order chi connectivity index (χ0) is 13.1. The Morgan fingerprint density at radius 3 is 2.84 bits per heavy atom. The standard InChI is InChI=1S/C14H19ClN2O.ClH/c1-9-5-6-11(12(15)8-9)14(18)17-13-4-3-7-16-10(13)2;/h5-6,8,10,13,16H,3-4,7H2,1-2H3,(H,17,18);1H. The number of halogens is 2. The van der Waals surface area contributed by atoms with E-state index in [2.05, 4.69) is 17.6 Å². The highest BCUT2D eigenvalue weighted by molar-refractivity contribution is 6.33. The van der Waals surface area contributed by atoms with E-state index in [1.165, 1.54) is 0 Å². The molecular weight excluding hydrogens is 283 g/mol. The van der Waals surface area contributed by atoms with Crippen LogP contribution in [-0.2, 0) is 0 Å². The Balaban J connectivity index is 0.00000180.